The van der Waals surface area contributed by atoms with Gasteiger partial charge in [0.25, 0.3) is 17.5 Å². The lowest BCUT2D eigenvalue weighted by atomic mass is 10.1. The van der Waals surface area contributed by atoms with E-state index >= 15 is 0 Å². The molecule has 2 aromatic rings. The fourth-order valence-corrected chi connectivity index (χ4v) is 3.43. The summed E-state index contributed by atoms with van der Waals surface area (Å²) in [6, 6.07) is 8.67. The first-order valence-corrected chi connectivity index (χ1v) is 10.7. The van der Waals surface area contributed by atoms with Gasteiger partial charge < -0.3 is 19.5 Å². The first-order valence-electron chi connectivity index (χ1n) is 10.7. The average Bonchev–Trinajstić information content (AvgIpc) is 3.23. The minimum atomic E-state index is -0.897. The number of rotatable bonds is 9. The van der Waals surface area contributed by atoms with Crippen LogP contribution in [0.1, 0.15) is 22.3 Å². The number of carbonyl (C=O) groups is 4. The van der Waals surface area contributed by atoms with E-state index < -0.39 is 41.1 Å². The van der Waals surface area contributed by atoms with Gasteiger partial charge in [0.15, 0.2) is 6.61 Å². The van der Waals surface area contributed by atoms with Crippen molar-refractivity contribution in [2.45, 2.75) is 13.3 Å². The van der Waals surface area contributed by atoms with Gasteiger partial charge in [-0.1, -0.05) is 6.07 Å². The Hall–Kier alpha value is -4.68. The van der Waals surface area contributed by atoms with Gasteiger partial charge in [-0.05, 0) is 25.1 Å². The van der Waals surface area contributed by atoms with Crippen LogP contribution in [0.4, 0.5) is 11.4 Å². The number of nitro benzene ring substituents is 1. The third-order valence-corrected chi connectivity index (χ3v) is 5.34. The summed E-state index contributed by atoms with van der Waals surface area (Å²) in [5.74, 6) is -2.75. The minimum Gasteiger partial charge on any atom is -0.497 e. The van der Waals surface area contributed by atoms with Gasteiger partial charge in [-0.2, -0.15) is 0 Å². The summed E-state index contributed by atoms with van der Waals surface area (Å²) in [4.78, 5) is 59.9. The lowest BCUT2D eigenvalue weighted by molar-refractivity contribution is -0.385. The van der Waals surface area contributed by atoms with Crippen LogP contribution in [0.25, 0.3) is 0 Å². The van der Waals surface area contributed by atoms with Gasteiger partial charge in [-0.15, -0.1) is 0 Å². The summed E-state index contributed by atoms with van der Waals surface area (Å²) in [6.45, 7) is 0.769. The van der Waals surface area contributed by atoms with E-state index in [2.05, 4.69) is 10.7 Å². The Morgan fingerprint density at radius 2 is 1.78 bits per heavy atom. The number of nitrogens with one attached hydrogen (secondary N) is 2. The molecule has 1 atom stereocenters. The van der Waals surface area contributed by atoms with E-state index in [-0.39, 0.29) is 29.9 Å². The normalized spacial score (nSPS) is 14.7. The lowest BCUT2D eigenvalue weighted by Crippen LogP contribution is -2.43. The van der Waals surface area contributed by atoms with Gasteiger partial charge in [0, 0.05) is 35.4 Å². The van der Waals surface area contributed by atoms with Crippen LogP contribution in [0.15, 0.2) is 36.4 Å². The van der Waals surface area contributed by atoms with E-state index in [9.17, 15) is 29.3 Å². The van der Waals surface area contributed by atoms with E-state index in [0.29, 0.717) is 17.1 Å². The third-order valence-electron chi connectivity index (χ3n) is 5.34. The van der Waals surface area contributed by atoms with Crippen LogP contribution in [-0.2, 0) is 19.1 Å². The Balaban J connectivity index is 1.53. The fourth-order valence-electron chi connectivity index (χ4n) is 3.43. The molecule has 3 rings (SSSR count). The molecule has 0 saturated carbocycles. The van der Waals surface area contributed by atoms with Crippen molar-refractivity contribution in [2.24, 2.45) is 5.92 Å². The number of methoxy groups -OCH3 is 2. The highest BCUT2D eigenvalue weighted by Gasteiger charge is 2.37. The first kappa shape index (κ1) is 25.9. The highest BCUT2D eigenvalue weighted by atomic mass is 16.6. The van der Waals surface area contributed by atoms with Crippen LogP contribution < -0.4 is 20.2 Å². The number of nitrogens with zero attached hydrogens (tertiary/aromatic N) is 2. The molecule has 0 aromatic heterocycles. The van der Waals surface area contributed by atoms with Crippen molar-refractivity contribution in [3.8, 4) is 11.5 Å². The Bertz CT molecular complexity index is 1190. The smallest absolute Gasteiger partial charge is 0.311 e. The number of benzene rings is 2. The molecule has 0 radical (unpaired) electrons. The van der Waals surface area contributed by atoms with E-state index in [1.807, 2.05) is 0 Å². The molecule has 0 spiro atoms. The maximum Gasteiger partial charge on any atom is 0.311 e. The summed E-state index contributed by atoms with van der Waals surface area (Å²) in [7, 11) is 2.86. The molecular formula is C23H24N4O9. The van der Waals surface area contributed by atoms with Gasteiger partial charge >= 0.3 is 5.97 Å². The SMILES string of the molecule is COc1cc(OC)cc(C(=O)NN2C[C@H](C(=O)OCC(=O)Nc3ccc(C)c([N+](=O)[O-])c3)CC2=O)c1. The average molecular weight is 500 g/mol. The number of hydrogen-bond donors (Lipinski definition) is 2. The van der Waals surface area contributed by atoms with Gasteiger partial charge in [-0.25, -0.2) is 0 Å². The summed E-state index contributed by atoms with van der Waals surface area (Å²) in [6.07, 6.45) is -0.216. The molecule has 36 heavy (non-hydrogen) atoms. The fraction of sp³-hybridized carbons (Fsp3) is 0.304. The molecular weight excluding hydrogens is 476 g/mol. The second kappa shape index (κ2) is 11.2. The zero-order valence-electron chi connectivity index (χ0n) is 19.7. The second-order valence-corrected chi connectivity index (χ2v) is 7.86. The number of ether oxygens (including phenoxy) is 3. The number of hydrogen-bond acceptors (Lipinski definition) is 9. The van der Waals surface area contributed by atoms with E-state index in [4.69, 9.17) is 14.2 Å². The highest BCUT2D eigenvalue weighted by molar-refractivity contribution is 5.97. The number of hydrazine groups is 1. The monoisotopic (exact) mass is 500 g/mol. The molecule has 13 nitrogen and oxygen atoms in total. The van der Waals surface area contributed by atoms with Crippen molar-refractivity contribution in [2.75, 3.05) is 32.7 Å². The molecule has 0 bridgehead atoms. The van der Waals surface area contributed by atoms with Crippen molar-refractivity contribution >= 4 is 35.1 Å². The molecule has 1 heterocycles. The van der Waals surface area contributed by atoms with Crippen LogP contribution >= 0.6 is 0 Å². The first-order chi connectivity index (χ1) is 17.1. The Kier molecular flexibility index (Phi) is 8.04. The molecule has 1 aliphatic rings. The van der Waals surface area contributed by atoms with Crippen molar-refractivity contribution < 1.29 is 38.3 Å². The van der Waals surface area contributed by atoms with Crippen LogP contribution in [0, 0.1) is 23.0 Å². The van der Waals surface area contributed by atoms with Crippen molar-refractivity contribution in [3.63, 3.8) is 0 Å². The van der Waals surface area contributed by atoms with Gasteiger partial charge in [0.05, 0.1) is 31.6 Å². The van der Waals surface area contributed by atoms with Crippen LogP contribution in [-0.4, -0.2) is 61.0 Å². The lowest BCUT2D eigenvalue weighted by Gasteiger charge is -2.18. The van der Waals surface area contributed by atoms with Crippen LogP contribution in [0.3, 0.4) is 0 Å². The van der Waals surface area contributed by atoms with Crippen molar-refractivity contribution in [1.29, 1.82) is 0 Å². The molecule has 2 aromatic carbocycles. The van der Waals surface area contributed by atoms with E-state index in [0.717, 1.165) is 5.01 Å². The number of anilines is 1. The Labute approximate surface area is 205 Å². The molecule has 0 aliphatic carbocycles. The molecule has 190 valence electrons. The Morgan fingerprint density at radius 3 is 2.39 bits per heavy atom. The van der Waals surface area contributed by atoms with E-state index in [1.54, 1.807) is 13.0 Å². The van der Waals surface area contributed by atoms with Crippen molar-refractivity contribution in [3.05, 3.63) is 57.6 Å². The molecule has 1 fully saturated rings. The molecule has 1 saturated heterocycles. The summed E-state index contributed by atoms with van der Waals surface area (Å²) in [5, 5.41) is 14.5. The number of nitro groups is 1. The zero-order chi connectivity index (χ0) is 26.4. The topological polar surface area (TPSA) is 166 Å². The number of esters is 1. The third kappa shape index (κ3) is 6.25. The molecule has 13 heteroatoms. The van der Waals surface area contributed by atoms with Crippen molar-refractivity contribution in [1.82, 2.24) is 10.4 Å². The van der Waals surface area contributed by atoms with Crippen LogP contribution in [0.2, 0.25) is 0 Å². The van der Waals surface area contributed by atoms with Gasteiger partial charge in [0.2, 0.25) is 5.91 Å². The standard InChI is InChI=1S/C23H24N4O9/c1-13-4-5-16(9-19(13)27(32)33)24-20(28)12-36-23(31)15-8-21(29)26(11-15)25-22(30)14-6-17(34-2)10-18(7-14)35-3/h4-7,9-10,15H,8,11-12H2,1-3H3,(H,24,28)(H,25,30)/t15-/m1/s1. The maximum absolute atomic E-state index is 12.6. The summed E-state index contributed by atoms with van der Waals surface area (Å²) < 4.78 is 15.3. The largest absolute Gasteiger partial charge is 0.497 e. The predicted molar refractivity (Wildman–Crippen MR) is 124 cm³/mol. The highest BCUT2D eigenvalue weighted by Crippen LogP contribution is 2.24. The zero-order valence-corrected chi connectivity index (χ0v) is 19.7. The maximum atomic E-state index is 12.6. The quantitative estimate of drug-likeness (QED) is 0.295. The molecule has 0 unspecified atom stereocenters. The minimum absolute atomic E-state index is 0.143. The number of aryl methyl sites for hydroxylation is 1. The molecule has 1 aliphatic heterocycles. The van der Waals surface area contributed by atoms with Crippen LogP contribution in [0.5, 0.6) is 11.5 Å². The summed E-state index contributed by atoms with van der Waals surface area (Å²) >= 11 is 0. The number of carbonyl (C=O) groups excluding carboxylic acids is 4. The number of amides is 3. The summed E-state index contributed by atoms with van der Waals surface area (Å²) in [5.41, 5.74) is 3.06. The predicted octanol–water partition coefficient (Wildman–Crippen LogP) is 1.60. The van der Waals surface area contributed by atoms with E-state index in [1.165, 1.54) is 44.6 Å². The molecule has 2 N–H and O–H groups in total. The van der Waals surface area contributed by atoms with Gasteiger partial charge in [-0.3, -0.25) is 39.7 Å². The van der Waals surface area contributed by atoms with Gasteiger partial charge in [0.1, 0.15) is 11.5 Å². The Morgan fingerprint density at radius 1 is 1.11 bits per heavy atom. The second-order valence-electron chi connectivity index (χ2n) is 7.86. The molecule has 3 amide bonds.